The third kappa shape index (κ3) is 3.52. The van der Waals surface area contributed by atoms with Gasteiger partial charge in [-0.2, -0.15) is 0 Å². The largest absolute Gasteiger partial charge is 0.370 e. The SMILES string of the molecule is Cc1nccn1-c1ccc(CN=C(N)N2CCCCC2)cc1F. The van der Waals surface area contributed by atoms with Crippen molar-refractivity contribution in [2.45, 2.75) is 32.7 Å². The van der Waals surface area contributed by atoms with E-state index in [1.807, 2.05) is 13.0 Å². The van der Waals surface area contributed by atoms with Gasteiger partial charge >= 0.3 is 0 Å². The van der Waals surface area contributed by atoms with Crippen LogP contribution in [0, 0.1) is 12.7 Å². The number of aromatic nitrogens is 2. The molecular formula is C17H22FN5. The second kappa shape index (κ2) is 6.81. The standard InChI is InChI=1S/C17H22FN5/c1-13-20-7-10-23(13)16-6-5-14(11-15(16)18)12-21-17(19)22-8-3-2-4-9-22/h5-7,10-11H,2-4,8-9,12H2,1H3,(H2,19,21). The average molecular weight is 315 g/mol. The highest BCUT2D eigenvalue weighted by Crippen LogP contribution is 2.17. The van der Waals surface area contributed by atoms with Crippen LogP contribution in [0.2, 0.25) is 0 Å². The van der Waals surface area contributed by atoms with Crippen LogP contribution in [0.4, 0.5) is 4.39 Å². The van der Waals surface area contributed by atoms with Gasteiger partial charge in [-0.15, -0.1) is 0 Å². The molecule has 0 amide bonds. The molecule has 1 aromatic heterocycles. The molecule has 1 aromatic carbocycles. The second-order valence-corrected chi connectivity index (χ2v) is 5.85. The topological polar surface area (TPSA) is 59.4 Å². The molecule has 1 fully saturated rings. The number of benzene rings is 1. The molecule has 23 heavy (non-hydrogen) atoms. The molecule has 5 nitrogen and oxygen atoms in total. The molecule has 0 aliphatic carbocycles. The molecule has 1 aliphatic heterocycles. The number of likely N-dealkylation sites (tertiary alicyclic amines) is 1. The number of imidazole rings is 1. The van der Waals surface area contributed by atoms with E-state index < -0.39 is 0 Å². The number of nitrogens with zero attached hydrogens (tertiary/aromatic N) is 4. The van der Waals surface area contributed by atoms with Crippen molar-refractivity contribution in [2.24, 2.45) is 10.7 Å². The Balaban J connectivity index is 1.72. The van der Waals surface area contributed by atoms with Crippen LogP contribution in [0.5, 0.6) is 0 Å². The number of piperidine rings is 1. The highest BCUT2D eigenvalue weighted by molar-refractivity contribution is 5.78. The lowest BCUT2D eigenvalue weighted by Crippen LogP contribution is -2.40. The van der Waals surface area contributed by atoms with E-state index in [-0.39, 0.29) is 5.82 Å². The predicted molar refractivity (Wildman–Crippen MR) is 89.0 cm³/mol. The number of aliphatic imine (C=N–C) groups is 1. The van der Waals surface area contributed by atoms with Crippen molar-refractivity contribution in [1.29, 1.82) is 0 Å². The summed E-state index contributed by atoms with van der Waals surface area (Å²) in [6, 6.07) is 5.15. The summed E-state index contributed by atoms with van der Waals surface area (Å²) in [6.07, 6.45) is 6.98. The molecule has 0 bridgehead atoms. The maximum Gasteiger partial charge on any atom is 0.191 e. The molecule has 0 radical (unpaired) electrons. The van der Waals surface area contributed by atoms with E-state index in [4.69, 9.17) is 5.73 Å². The van der Waals surface area contributed by atoms with Crippen molar-refractivity contribution in [3.8, 4) is 5.69 Å². The van der Waals surface area contributed by atoms with Crippen LogP contribution in [0.1, 0.15) is 30.7 Å². The summed E-state index contributed by atoms with van der Waals surface area (Å²) in [5.74, 6) is 1.03. The van der Waals surface area contributed by atoms with Gasteiger partial charge in [0.1, 0.15) is 11.6 Å². The van der Waals surface area contributed by atoms with Gasteiger partial charge in [0.05, 0.1) is 12.2 Å². The van der Waals surface area contributed by atoms with E-state index in [1.165, 1.54) is 12.5 Å². The smallest absolute Gasteiger partial charge is 0.191 e. The summed E-state index contributed by atoms with van der Waals surface area (Å²) in [7, 11) is 0. The molecule has 2 heterocycles. The first kappa shape index (κ1) is 15.5. The van der Waals surface area contributed by atoms with Gasteiger partial charge in [-0.25, -0.2) is 14.4 Å². The Hall–Kier alpha value is -2.37. The summed E-state index contributed by atoms with van der Waals surface area (Å²) in [5.41, 5.74) is 7.34. The molecule has 2 N–H and O–H groups in total. The minimum Gasteiger partial charge on any atom is -0.370 e. The van der Waals surface area contributed by atoms with Crippen LogP contribution in [0.15, 0.2) is 35.6 Å². The van der Waals surface area contributed by atoms with Crippen LogP contribution in [-0.2, 0) is 6.54 Å². The third-order valence-corrected chi connectivity index (χ3v) is 4.20. The number of aryl methyl sites for hydroxylation is 1. The molecule has 0 saturated carbocycles. The Morgan fingerprint density at radius 2 is 2.09 bits per heavy atom. The highest BCUT2D eigenvalue weighted by Gasteiger charge is 2.12. The van der Waals surface area contributed by atoms with E-state index in [1.54, 1.807) is 23.0 Å². The van der Waals surface area contributed by atoms with Crippen molar-refractivity contribution in [1.82, 2.24) is 14.5 Å². The first-order valence-electron chi connectivity index (χ1n) is 7.99. The third-order valence-electron chi connectivity index (χ3n) is 4.20. The average Bonchev–Trinajstić information content (AvgIpc) is 2.99. The van der Waals surface area contributed by atoms with E-state index >= 15 is 0 Å². The summed E-state index contributed by atoms with van der Waals surface area (Å²) < 4.78 is 16.1. The zero-order valence-corrected chi connectivity index (χ0v) is 13.4. The Kier molecular flexibility index (Phi) is 4.60. The fourth-order valence-electron chi connectivity index (χ4n) is 2.87. The molecular weight excluding hydrogens is 293 g/mol. The van der Waals surface area contributed by atoms with Crippen LogP contribution < -0.4 is 5.73 Å². The number of rotatable bonds is 3. The lowest BCUT2D eigenvalue weighted by molar-refractivity contribution is 0.338. The Morgan fingerprint density at radius 1 is 1.30 bits per heavy atom. The lowest BCUT2D eigenvalue weighted by atomic mass is 10.1. The monoisotopic (exact) mass is 315 g/mol. The van der Waals surface area contributed by atoms with Gasteiger partial charge < -0.3 is 15.2 Å². The maximum atomic E-state index is 14.3. The number of hydrogen-bond acceptors (Lipinski definition) is 2. The highest BCUT2D eigenvalue weighted by atomic mass is 19.1. The van der Waals surface area contributed by atoms with E-state index in [9.17, 15) is 4.39 Å². The summed E-state index contributed by atoms with van der Waals surface area (Å²) in [4.78, 5) is 10.6. The summed E-state index contributed by atoms with van der Waals surface area (Å²) >= 11 is 0. The first-order valence-corrected chi connectivity index (χ1v) is 7.99. The molecule has 122 valence electrons. The lowest BCUT2D eigenvalue weighted by Gasteiger charge is -2.27. The van der Waals surface area contributed by atoms with Crippen LogP contribution in [-0.4, -0.2) is 33.5 Å². The van der Waals surface area contributed by atoms with Crippen molar-refractivity contribution >= 4 is 5.96 Å². The number of halogens is 1. The van der Waals surface area contributed by atoms with E-state index in [2.05, 4.69) is 14.9 Å². The Bertz CT molecular complexity index is 701. The van der Waals surface area contributed by atoms with Crippen molar-refractivity contribution in [2.75, 3.05) is 13.1 Å². The van der Waals surface area contributed by atoms with Crippen LogP contribution >= 0.6 is 0 Å². The molecule has 2 aromatic rings. The second-order valence-electron chi connectivity index (χ2n) is 5.85. The molecule has 6 heteroatoms. The maximum absolute atomic E-state index is 14.3. The zero-order valence-electron chi connectivity index (χ0n) is 13.4. The van der Waals surface area contributed by atoms with Gasteiger partial charge in [0, 0.05) is 25.5 Å². The molecule has 0 atom stereocenters. The molecule has 1 aliphatic rings. The number of nitrogens with two attached hydrogens (primary N) is 1. The van der Waals surface area contributed by atoms with Crippen LogP contribution in [0.25, 0.3) is 5.69 Å². The first-order chi connectivity index (χ1) is 11.1. The van der Waals surface area contributed by atoms with Gasteiger partial charge in [0.2, 0.25) is 0 Å². The molecule has 1 saturated heterocycles. The van der Waals surface area contributed by atoms with Crippen molar-refractivity contribution < 1.29 is 4.39 Å². The van der Waals surface area contributed by atoms with Crippen molar-refractivity contribution in [3.63, 3.8) is 0 Å². The molecule has 0 spiro atoms. The summed E-state index contributed by atoms with van der Waals surface area (Å²) in [6.45, 7) is 4.16. The predicted octanol–water partition coefficient (Wildman–Crippen LogP) is 2.62. The van der Waals surface area contributed by atoms with Gasteiger partial charge in [-0.1, -0.05) is 6.07 Å². The van der Waals surface area contributed by atoms with Crippen LogP contribution in [0.3, 0.4) is 0 Å². The Morgan fingerprint density at radius 3 is 2.74 bits per heavy atom. The minimum absolute atomic E-state index is 0.282. The Labute approximate surface area is 135 Å². The fraction of sp³-hybridized carbons (Fsp3) is 0.412. The van der Waals surface area contributed by atoms with Gasteiger partial charge in [-0.3, -0.25) is 0 Å². The number of hydrogen-bond donors (Lipinski definition) is 1. The fourth-order valence-corrected chi connectivity index (χ4v) is 2.87. The molecule has 0 unspecified atom stereocenters. The van der Waals surface area contributed by atoms with E-state index in [0.717, 1.165) is 37.3 Å². The zero-order chi connectivity index (χ0) is 16.2. The normalized spacial score (nSPS) is 15.9. The van der Waals surface area contributed by atoms with Gasteiger partial charge in [-0.05, 0) is 43.9 Å². The van der Waals surface area contributed by atoms with E-state index in [0.29, 0.717) is 18.2 Å². The quantitative estimate of drug-likeness (QED) is 0.699. The minimum atomic E-state index is -0.282. The van der Waals surface area contributed by atoms with Gasteiger partial charge in [0.25, 0.3) is 0 Å². The number of guanidine groups is 1. The van der Waals surface area contributed by atoms with Gasteiger partial charge in [0.15, 0.2) is 5.96 Å². The molecule has 3 rings (SSSR count). The summed E-state index contributed by atoms with van der Waals surface area (Å²) in [5, 5.41) is 0. The van der Waals surface area contributed by atoms with Crippen molar-refractivity contribution in [3.05, 3.63) is 47.8 Å².